The van der Waals surface area contributed by atoms with Crippen LogP contribution in [-0.2, 0) is 20.7 Å². The second-order valence-electron chi connectivity index (χ2n) is 7.63. The second-order valence-corrected chi connectivity index (χ2v) is 7.63. The molecule has 0 radical (unpaired) electrons. The number of esters is 1. The average molecular weight is 476 g/mol. The zero-order chi connectivity index (χ0) is 24.6. The highest BCUT2D eigenvalue weighted by Crippen LogP contribution is 2.34. The number of carbonyl (C=O) groups is 3. The molecule has 9 heteroatoms. The molecule has 0 saturated heterocycles. The molecule has 0 spiro atoms. The summed E-state index contributed by atoms with van der Waals surface area (Å²) in [6.45, 7) is -0.366. The number of fused-ring (bicyclic) bond motifs is 1. The van der Waals surface area contributed by atoms with Crippen molar-refractivity contribution in [2.45, 2.75) is 12.8 Å². The number of carbonyl (C=O) groups excluding carboxylic acids is 3. The maximum absolute atomic E-state index is 12.6. The fourth-order valence-corrected chi connectivity index (χ4v) is 3.41. The highest BCUT2D eigenvalue weighted by Gasteiger charge is 2.17. The van der Waals surface area contributed by atoms with Crippen LogP contribution in [0.5, 0.6) is 17.2 Å². The first-order chi connectivity index (χ1) is 17.0. The first kappa shape index (κ1) is 23.6. The third kappa shape index (κ3) is 6.29. The Bertz CT molecular complexity index is 1220. The van der Waals surface area contributed by atoms with Gasteiger partial charge in [0.05, 0.1) is 18.4 Å². The number of hydrogen-bond acceptors (Lipinski definition) is 7. The molecule has 0 atom stereocenters. The predicted octanol–water partition coefficient (Wildman–Crippen LogP) is 3.79. The molecule has 3 aromatic rings. The third-order valence-corrected chi connectivity index (χ3v) is 5.21. The maximum atomic E-state index is 12.6. The molecule has 3 aromatic carbocycles. The summed E-state index contributed by atoms with van der Waals surface area (Å²) in [4.78, 5) is 37.3. The van der Waals surface area contributed by atoms with Crippen LogP contribution < -0.4 is 24.8 Å². The van der Waals surface area contributed by atoms with E-state index in [1.54, 1.807) is 43.5 Å². The Morgan fingerprint density at radius 3 is 2.46 bits per heavy atom. The van der Waals surface area contributed by atoms with E-state index in [1.807, 2.05) is 24.3 Å². The number of hydrogen-bond donors (Lipinski definition) is 2. The summed E-state index contributed by atoms with van der Waals surface area (Å²) in [7, 11) is 1.59. The monoisotopic (exact) mass is 476 g/mol. The minimum absolute atomic E-state index is 0.127. The van der Waals surface area contributed by atoms with E-state index in [0.717, 1.165) is 11.3 Å². The number of aryl methyl sites for hydroxylation is 1. The van der Waals surface area contributed by atoms with Gasteiger partial charge in [0, 0.05) is 18.2 Å². The molecule has 0 fully saturated rings. The quantitative estimate of drug-likeness (QED) is 0.452. The summed E-state index contributed by atoms with van der Waals surface area (Å²) >= 11 is 0. The maximum Gasteiger partial charge on any atom is 0.340 e. The topological polar surface area (TPSA) is 112 Å². The fourth-order valence-electron chi connectivity index (χ4n) is 3.41. The number of nitrogens with one attached hydrogen (secondary N) is 2. The van der Waals surface area contributed by atoms with Gasteiger partial charge in [-0.3, -0.25) is 9.59 Å². The largest absolute Gasteiger partial charge is 0.497 e. The first-order valence-corrected chi connectivity index (χ1v) is 10.9. The summed E-state index contributed by atoms with van der Waals surface area (Å²) in [5, 5.41) is 5.38. The van der Waals surface area contributed by atoms with Gasteiger partial charge >= 0.3 is 5.97 Å². The van der Waals surface area contributed by atoms with Crippen molar-refractivity contribution in [3.63, 3.8) is 0 Å². The first-order valence-electron chi connectivity index (χ1n) is 10.9. The van der Waals surface area contributed by atoms with Crippen LogP contribution in [0.1, 0.15) is 22.3 Å². The second kappa shape index (κ2) is 11.1. The Morgan fingerprint density at radius 2 is 1.66 bits per heavy atom. The van der Waals surface area contributed by atoms with Crippen LogP contribution >= 0.6 is 0 Å². The van der Waals surface area contributed by atoms with Crippen molar-refractivity contribution in [1.82, 2.24) is 0 Å². The number of benzene rings is 3. The summed E-state index contributed by atoms with van der Waals surface area (Å²) < 4.78 is 20.8. The lowest BCUT2D eigenvalue weighted by atomic mass is 10.1. The van der Waals surface area contributed by atoms with Crippen LogP contribution in [0.3, 0.4) is 0 Å². The number of amides is 2. The van der Waals surface area contributed by atoms with Crippen molar-refractivity contribution in [2.24, 2.45) is 0 Å². The molecule has 0 aliphatic carbocycles. The molecule has 0 aromatic heterocycles. The standard InChI is InChI=1S/C26H24N2O7/c1-32-19-10-6-17(7-11-19)8-13-24(29)28-21-5-3-2-4-20(21)26(31)33-15-25(30)27-18-9-12-22-23(14-18)35-16-34-22/h2-7,9-12,14H,8,13,15-16H2,1H3,(H,27,30)(H,28,29). The molecule has 0 bridgehead atoms. The molecule has 0 saturated carbocycles. The summed E-state index contributed by atoms with van der Waals surface area (Å²) in [6, 6.07) is 18.9. The Hall–Kier alpha value is -4.53. The van der Waals surface area contributed by atoms with Crippen LogP contribution in [-0.4, -0.2) is 38.3 Å². The van der Waals surface area contributed by atoms with E-state index in [4.69, 9.17) is 18.9 Å². The van der Waals surface area contributed by atoms with Gasteiger partial charge in [0.1, 0.15) is 5.75 Å². The minimum atomic E-state index is -0.725. The smallest absolute Gasteiger partial charge is 0.340 e. The van der Waals surface area contributed by atoms with Gasteiger partial charge in [0.25, 0.3) is 5.91 Å². The van der Waals surface area contributed by atoms with Crippen LogP contribution in [0.25, 0.3) is 0 Å². The molecule has 35 heavy (non-hydrogen) atoms. The normalized spacial score (nSPS) is 11.5. The van der Waals surface area contributed by atoms with Gasteiger partial charge < -0.3 is 29.6 Å². The van der Waals surface area contributed by atoms with E-state index in [0.29, 0.717) is 29.3 Å². The van der Waals surface area contributed by atoms with Gasteiger partial charge in [0.2, 0.25) is 12.7 Å². The lowest BCUT2D eigenvalue weighted by Crippen LogP contribution is -2.22. The number of anilines is 2. The molecule has 0 unspecified atom stereocenters. The lowest BCUT2D eigenvalue weighted by molar-refractivity contribution is -0.119. The molecule has 180 valence electrons. The molecular weight excluding hydrogens is 452 g/mol. The van der Waals surface area contributed by atoms with Crippen molar-refractivity contribution in [1.29, 1.82) is 0 Å². The van der Waals surface area contributed by atoms with Gasteiger partial charge in [0.15, 0.2) is 18.1 Å². The van der Waals surface area contributed by atoms with Gasteiger partial charge in [-0.2, -0.15) is 0 Å². The molecular formula is C26H24N2O7. The highest BCUT2D eigenvalue weighted by molar-refractivity contribution is 6.02. The number of methoxy groups -OCH3 is 1. The number of para-hydroxylation sites is 1. The zero-order valence-electron chi connectivity index (χ0n) is 19.0. The summed E-state index contributed by atoms with van der Waals surface area (Å²) in [6.07, 6.45) is 0.760. The van der Waals surface area contributed by atoms with Crippen molar-refractivity contribution >= 4 is 29.2 Å². The van der Waals surface area contributed by atoms with Gasteiger partial charge in [-0.05, 0) is 48.4 Å². The highest BCUT2D eigenvalue weighted by atomic mass is 16.7. The van der Waals surface area contributed by atoms with E-state index in [1.165, 1.54) is 6.07 Å². The van der Waals surface area contributed by atoms with E-state index in [-0.39, 0.29) is 24.7 Å². The zero-order valence-corrected chi connectivity index (χ0v) is 19.0. The minimum Gasteiger partial charge on any atom is -0.497 e. The predicted molar refractivity (Wildman–Crippen MR) is 128 cm³/mol. The Morgan fingerprint density at radius 1 is 0.886 bits per heavy atom. The van der Waals surface area contributed by atoms with Crippen molar-refractivity contribution in [2.75, 3.05) is 31.1 Å². The van der Waals surface area contributed by atoms with Gasteiger partial charge in [-0.25, -0.2) is 4.79 Å². The number of rotatable bonds is 9. The summed E-state index contributed by atoms with van der Waals surface area (Å²) in [5.74, 6) is 0.375. The van der Waals surface area contributed by atoms with Gasteiger partial charge in [-0.15, -0.1) is 0 Å². The van der Waals surface area contributed by atoms with Crippen LogP contribution in [0.15, 0.2) is 66.7 Å². The molecule has 9 nitrogen and oxygen atoms in total. The average Bonchev–Trinajstić information content (AvgIpc) is 3.34. The summed E-state index contributed by atoms with van der Waals surface area (Å²) in [5.41, 5.74) is 1.94. The van der Waals surface area contributed by atoms with E-state index < -0.39 is 18.5 Å². The van der Waals surface area contributed by atoms with Crippen LogP contribution in [0.4, 0.5) is 11.4 Å². The Kier molecular flexibility index (Phi) is 7.47. The van der Waals surface area contributed by atoms with Gasteiger partial charge in [-0.1, -0.05) is 24.3 Å². The lowest BCUT2D eigenvalue weighted by Gasteiger charge is -2.11. The van der Waals surface area contributed by atoms with E-state index >= 15 is 0 Å². The van der Waals surface area contributed by atoms with E-state index in [2.05, 4.69) is 10.6 Å². The van der Waals surface area contributed by atoms with Crippen molar-refractivity contribution < 1.29 is 33.3 Å². The SMILES string of the molecule is COc1ccc(CCC(=O)Nc2ccccc2C(=O)OCC(=O)Nc2ccc3c(c2)OCO3)cc1. The van der Waals surface area contributed by atoms with Crippen LogP contribution in [0, 0.1) is 0 Å². The Balaban J connectivity index is 1.29. The number of ether oxygens (including phenoxy) is 4. The third-order valence-electron chi connectivity index (χ3n) is 5.21. The fraction of sp³-hybridized carbons (Fsp3) is 0.192. The van der Waals surface area contributed by atoms with Crippen molar-refractivity contribution in [3.8, 4) is 17.2 Å². The molecule has 2 amide bonds. The molecule has 1 heterocycles. The molecule has 1 aliphatic heterocycles. The van der Waals surface area contributed by atoms with E-state index in [9.17, 15) is 14.4 Å². The van der Waals surface area contributed by atoms with Crippen LogP contribution in [0.2, 0.25) is 0 Å². The van der Waals surface area contributed by atoms with Crippen molar-refractivity contribution in [3.05, 3.63) is 77.9 Å². The molecule has 2 N–H and O–H groups in total. The molecule has 1 aliphatic rings. The Labute approximate surface area is 201 Å². The molecule has 4 rings (SSSR count).